The average molecular weight is 770 g/mol. The second-order valence-corrected chi connectivity index (χ2v) is 15.7. The molecule has 0 aliphatic heterocycles. The first-order chi connectivity index (χ1) is 25.8. The number of hydrogen-bond acceptors (Lipinski definition) is 8. The maximum atomic E-state index is 12.6. The van der Waals surface area contributed by atoms with Crippen molar-refractivity contribution in [2.75, 3.05) is 26.4 Å². The largest absolute Gasteiger partial charge is 0.472 e. The SMILES string of the molecule is CCCCC/C=C\C/C=C\CCCCCCCCCC(=O)OC[C@H](COP(=O)(O)OCCN)OC(=O)CCCCCCCCC/C=C\CCCCCC. The first-order valence-corrected chi connectivity index (χ1v) is 23.0. The molecular weight excluding hydrogens is 689 g/mol. The van der Waals surface area contributed by atoms with Gasteiger partial charge in [0.25, 0.3) is 0 Å². The van der Waals surface area contributed by atoms with E-state index >= 15 is 0 Å². The third-order valence-corrected chi connectivity index (χ3v) is 9.98. The first kappa shape index (κ1) is 51.2. The summed E-state index contributed by atoms with van der Waals surface area (Å²) in [4.78, 5) is 34.8. The predicted octanol–water partition coefficient (Wildman–Crippen LogP) is 12.2. The zero-order valence-electron chi connectivity index (χ0n) is 34.0. The van der Waals surface area contributed by atoms with Crippen LogP contribution < -0.4 is 5.73 Å². The summed E-state index contributed by atoms with van der Waals surface area (Å²) < 4.78 is 32.8. The van der Waals surface area contributed by atoms with Crippen molar-refractivity contribution >= 4 is 19.8 Å². The van der Waals surface area contributed by atoms with Crippen molar-refractivity contribution < 1.29 is 37.6 Å². The number of unbranched alkanes of at least 4 members (excludes halogenated alkanes) is 21. The molecule has 0 amide bonds. The summed E-state index contributed by atoms with van der Waals surface area (Å²) in [5, 5.41) is 0. The highest BCUT2D eigenvalue weighted by Gasteiger charge is 2.26. The van der Waals surface area contributed by atoms with Crippen LogP contribution in [-0.4, -0.2) is 49.3 Å². The van der Waals surface area contributed by atoms with Gasteiger partial charge in [-0.25, -0.2) is 4.57 Å². The number of esters is 2. The molecule has 0 heterocycles. The Morgan fingerprint density at radius 1 is 0.566 bits per heavy atom. The number of ether oxygens (including phenoxy) is 2. The van der Waals surface area contributed by atoms with Gasteiger partial charge in [0, 0.05) is 19.4 Å². The van der Waals surface area contributed by atoms with Crippen LogP contribution in [0.4, 0.5) is 0 Å². The molecule has 0 saturated carbocycles. The van der Waals surface area contributed by atoms with Crippen molar-refractivity contribution in [2.24, 2.45) is 5.73 Å². The van der Waals surface area contributed by atoms with Crippen molar-refractivity contribution in [1.82, 2.24) is 0 Å². The Hall–Kier alpha value is -1.77. The molecule has 3 N–H and O–H groups in total. The molecule has 0 saturated heterocycles. The van der Waals surface area contributed by atoms with E-state index in [1.54, 1.807) is 0 Å². The molecule has 0 aliphatic carbocycles. The summed E-state index contributed by atoms with van der Waals surface area (Å²) in [6, 6.07) is 0. The standard InChI is InChI=1S/C43H80NO8P/c1-3-5-7-9-11-13-15-17-19-20-22-23-25-27-29-31-33-35-42(45)49-39-41(40-51-53(47,48)50-38-37-44)52-43(46)36-34-32-30-28-26-24-21-18-16-14-12-10-8-6-4-2/h11,13-14,16-17,19,41H,3-10,12,15,18,20-40,44H2,1-2H3,(H,47,48)/b13-11-,16-14-,19-17-/t41-/m1/s1. The van der Waals surface area contributed by atoms with E-state index in [1.807, 2.05) is 0 Å². The fourth-order valence-electron chi connectivity index (χ4n) is 5.78. The lowest BCUT2D eigenvalue weighted by Crippen LogP contribution is -2.29. The minimum Gasteiger partial charge on any atom is -0.462 e. The second-order valence-electron chi connectivity index (χ2n) is 14.2. The van der Waals surface area contributed by atoms with Gasteiger partial charge < -0.3 is 20.1 Å². The van der Waals surface area contributed by atoms with Crippen molar-refractivity contribution in [3.05, 3.63) is 36.5 Å². The van der Waals surface area contributed by atoms with Crippen LogP contribution in [0.25, 0.3) is 0 Å². The van der Waals surface area contributed by atoms with Crippen LogP contribution in [0.15, 0.2) is 36.5 Å². The Kier molecular flexibility index (Phi) is 38.6. The Bertz CT molecular complexity index is 970. The highest BCUT2D eigenvalue weighted by molar-refractivity contribution is 7.47. The van der Waals surface area contributed by atoms with Crippen LogP contribution in [-0.2, 0) is 32.7 Å². The van der Waals surface area contributed by atoms with Gasteiger partial charge in [-0.05, 0) is 70.6 Å². The van der Waals surface area contributed by atoms with Crippen molar-refractivity contribution in [3.8, 4) is 0 Å². The van der Waals surface area contributed by atoms with Crippen molar-refractivity contribution in [3.63, 3.8) is 0 Å². The van der Waals surface area contributed by atoms with Gasteiger partial charge in [0.05, 0.1) is 13.2 Å². The van der Waals surface area contributed by atoms with E-state index in [4.69, 9.17) is 24.3 Å². The van der Waals surface area contributed by atoms with E-state index in [-0.39, 0.29) is 32.6 Å². The van der Waals surface area contributed by atoms with Gasteiger partial charge in [-0.3, -0.25) is 18.6 Å². The predicted molar refractivity (Wildman–Crippen MR) is 220 cm³/mol. The third kappa shape index (κ3) is 39.7. The quantitative estimate of drug-likeness (QED) is 0.0270. The normalized spacial score (nSPS) is 13.7. The molecule has 0 bridgehead atoms. The molecule has 0 aliphatic rings. The molecule has 0 aromatic rings. The number of nitrogens with two attached hydrogens (primary N) is 1. The number of carbonyl (C=O) groups is 2. The van der Waals surface area contributed by atoms with Crippen molar-refractivity contribution in [2.45, 2.75) is 200 Å². The van der Waals surface area contributed by atoms with Gasteiger partial charge in [-0.2, -0.15) is 0 Å². The van der Waals surface area contributed by atoms with Gasteiger partial charge in [0.15, 0.2) is 6.10 Å². The van der Waals surface area contributed by atoms with Gasteiger partial charge >= 0.3 is 19.8 Å². The molecule has 1 unspecified atom stereocenters. The monoisotopic (exact) mass is 770 g/mol. The second kappa shape index (κ2) is 39.9. The van der Waals surface area contributed by atoms with Crippen LogP contribution in [0, 0.1) is 0 Å². The minimum absolute atomic E-state index is 0.0513. The fraction of sp³-hybridized carbons (Fsp3) is 0.814. The number of phosphoric ester groups is 1. The van der Waals surface area contributed by atoms with Crippen LogP contribution in [0.1, 0.15) is 194 Å². The number of allylic oxidation sites excluding steroid dienone is 6. The van der Waals surface area contributed by atoms with E-state index < -0.39 is 32.5 Å². The molecule has 310 valence electrons. The van der Waals surface area contributed by atoms with Crippen molar-refractivity contribution in [1.29, 1.82) is 0 Å². The van der Waals surface area contributed by atoms with Crippen LogP contribution in [0.3, 0.4) is 0 Å². The Labute approximate surface area is 324 Å². The summed E-state index contributed by atoms with van der Waals surface area (Å²) in [6.07, 6.45) is 43.1. The van der Waals surface area contributed by atoms with E-state index in [2.05, 4.69) is 50.3 Å². The summed E-state index contributed by atoms with van der Waals surface area (Å²) in [7, 11) is -4.38. The molecule has 2 atom stereocenters. The lowest BCUT2D eigenvalue weighted by Gasteiger charge is -2.19. The molecule has 9 nitrogen and oxygen atoms in total. The topological polar surface area (TPSA) is 134 Å². The van der Waals surface area contributed by atoms with Crippen LogP contribution in [0.2, 0.25) is 0 Å². The highest BCUT2D eigenvalue weighted by atomic mass is 31.2. The first-order valence-electron chi connectivity index (χ1n) is 21.5. The maximum Gasteiger partial charge on any atom is 0.472 e. The van der Waals surface area contributed by atoms with Crippen LogP contribution >= 0.6 is 7.82 Å². The lowest BCUT2D eigenvalue weighted by atomic mass is 10.1. The molecule has 0 aromatic heterocycles. The zero-order valence-corrected chi connectivity index (χ0v) is 34.9. The van der Waals surface area contributed by atoms with E-state index in [0.29, 0.717) is 6.42 Å². The summed E-state index contributed by atoms with van der Waals surface area (Å²) in [5.41, 5.74) is 5.34. The number of rotatable bonds is 40. The number of carbonyl (C=O) groups excluding carboxylic acids is 2. The van der Waals surface area contributed by atoms with E-state index in [0.717, 1.165) is 64.2 Å². The molecule has 53 heavy (non-hydrogen) atoms. The summed E-state index contributed by atoms with van der Waals surface area (Å²) in [5.74, 6) is -0.841. The van der Waals surface area contributed by atoms with Gasteiger partial charge in [0.1, 0.15) is 6.61 Å². The molecule has 10 heteroatoms. The Balaban J connectivity index is 4.17. The van der Waals surface area contributed by atoms with Gasteiger partial charge in [0.2, 0.25) is 0 Å². The highest BCUT2D eigenvalue weighted by Crippen LogP contribution is 2.43. The van der Waals surface area contributed by atoms with E-state index in [9.17, 15) is 19.0 Å². The Morgan fingerprint density at radius 3 is 1.49 bits per heavy atom. The summed E-state index contributed by atoms with van der Waals surface area (Å²) in [6.45, 7) is 3.68. The number of phosphoric acid groups is 1. The summed E-state index contributed by atoms with van der Waals surface area (Å²) >= 11 is 0. The molecule has 0 spiro atoms. The number of hydrogen-bond donors (Lipinski definition) is 2. The maximum absolute atomic E-state index is 12.6. The fourth-order valence-corrected chi connectivity index (χ4v) is 6.54. The zero-order chi connectivity index (χ0) is 38.9. The molecule has 0 aromatic carbocycles. The Morgan fingerprint density at radius 2 is 0.981 bits per heavy atom. The average Bonchev–Trinajstić information content (AvgIpc) is 3.14. The minimum atomic E-state index is -4.38. The molecule has 0 rings (SSSR count). The molecule has 0 radical (unpaired) electrons. The van der Waals surface area contributed by atoms with Gasteiger partial charge in [-0.15, -0.1) is 0 Å². The van der Waals surface area contributed by atoms with E-state index in [1.165, 1.54) is 96.3 Å². The van der Waals surface area contributed by atoms with Crippen LogP contribution in [0.5, 0.6) is 0 Å². The molecule has 0 fully saturated rings. The smallest absolute Gasteiger partial charge is 0.462 e. The van der Waals surface area contributed by atoms with Gasteiger partial charge in [-0.1, -0.05) is 147 Å². The lowest BCUT2D eigenvalue weighted by molar-refractivity contribution is -0.161. The third-order valence-electron chi connectivity index (χ3n) is 9.00. The molecular formula is C43H80NO8P.